The Kier molecular flexibility index (Phi) is 5.00. The van der Waals surface area contributed by atoms with E-state index < -0.39 is 0 Å². The molecule has 0 unspecified atom stereocenters. The van der Waals surface area contributed by atoms with Gasteiger partial charge in [0.25, 0.3) is 0 Å². The molecule has 156 valence electrons. The second-order valence-electron chi connectivity index (χ2n) is 8.84. The third-order valence-corrected chi connectivity index (χ3v) is 7.16. The molecular formula is C22H30N4O3. The maximum atomic E-state index is 12.9. The SMILES string of the molecule is CN(C)C(=O)N1C[C@H]2C(=O)N(C)C3(CCN(C(=O)Cc4ccccc4)CC3)[C@H]2C1. The highest BCUT2D eigenvalue weighted by atomic mass is 16.2. The van der Waals surface area contributed by atoms with Gasteiger partial charge >= 0.3 is 6.03 Å². The zero-order valence-electron chi connectivity index (χ0n) is 17.5. The van der Waals surface area contributed by atoms with E-state index in [0.29, 0.717) is 32.6 Å². The maximum absolute atomic E-state index is 12.9. The van der Waals surface area contributed by atoms with Gasteiger partial charge in [-0.3, -0.25) is 9.59 Å². The van der Waals surface area contributed by atoms with Gasteiger partial charge in [0.2, 0.25) is 11.8 Å². The van der Waals surface area contributed by atoms with E-state index >= 15 is 0 Å². The number of nitrogens with zero attached hydrogens (tertiary/aromatic N) is 4. The molecule has 1 aromatic rings. The lowest BCUT2D eigenvalue weighted by atomic mass is 9.75. The van der Waals surface area contributed by atoms with Crippen molar-refractivity contribution in [2.75, 3.05) is 47.3 Å². The average molecular weight is 399 g/mol. The Labute approximate surface area is 172 Å². The van der Waals surface area contributed by atoms with Crippen molar-refractivity contribution in [1.82, 2.24) is 19.6 Å². The predicted octanol–water partition coefficient (Wildman–Crippen LogP) is 1.29. The lowest BCUT2D eigenvalue weighted by Crippen LogP contribution is -2.57. The number of piperidine rings is 1. The van der Waals surface area contributed by atoms with Gasteiger partial charge in [0.15, 0.2) is 0 Å². The van der Waals surface area contributed by atoms with Crippen LogP contribution in [0.5, 0.6) is 0 Å². The van der Waals surface area contributed by atoms with Gasteiger partial charge in [0.05, 0.1) is 17.9 Å². The van der Waals surface area contributed by atoms with Crippen molar-refractivity contribution in [2.24, 2.45) is 11.8 Å². The van der Waals surface area contributed by atoms with Crippen LogP contribution in [0.15, 0.2) is 30.3 Å². The van der Waals surface area contributed by atoms with Crippen molar-refractivity contribution >= 4 is 17.8 Å². The number of rotatable bonds is 2. The second-order valence-corrected chi connectivity index (χ2v) is 8.84. The van der Waals surface area contributed by atoms with E-state index in [2.05, 4.69) is 0 Å². The Morgan fingerprint density at radius 3 is 2.34 bits per heavy atom. The molecule has 3 fully saturated rings. The summed E-state index contributed by atoms with van der Waals surface area (Å²) in [6.07, 6.45) is 1.97. The number of carbonyl (C=O) groups excluding carboxylic acids is 3. The quantitative estimate of drug-likeness (QED) is 0.754. The van der Waals surface area contributed by atoms with Crippen LogP contribution in [0, 0.1) is 11.8 Å². The van der Waals surface area contributed by atoms with Crippen LogP contribution in [0.2, 0.25) is 0 Å². The fraction of sp³-hybridized carbons (Fsp3) is 0.591. The van der Waals surface area contributed by atoms with E-state index in [1.165, 1.54) is 0 Å². The Morgan fingerprint density at radius 1 is 1.07 bits per heavy atom. The van der Waals surface area contributed by atoms with Crippen molar-refractivity contribution < 1.29 is 14.4 Å². The molecule has 0 radical (unpaired) electrons. The van der Waals surface area contributed by atoms with Gasteiger partial charge in [-0.25, -0.2) is 4.79 Å². The van der Waals surface area contributed by atoms with Gasteiger partial charge in [0, 0.05) is 53.2 Å². The van der Waals surface area contributed by atoms with Crippen LogP contribution < -0.4 is 0 Å². The normalized spacial score (nSPS) is 25.5. The summed E-state index contributed by atoms with van der Waals surface area (Å²) in [6.45, 7) is 2.45. The molecule has 0 bridgehead atoms. The summed E-state index contributed by atoms with van der Waals surface area (Å²) >= 11 is 0. The molecule has 0 aliphatic carbocycles. The predicted molar refractivity (Wildman–Crippen MR) is 109 cm³/mol. The number of carbonyl (C=O) groups is 3. The van der Waals surface area contributed by atoms with Crippen LogP contribution in [0.4, 0.5) is 4.79 Å². The summed E-state index contributed by atoms with van der Waals surface area (Å²) in [7, 11) is 5.40. The molecule has 3 heterocycles. The highest BCUT2D eigenvalue weighted by Crippen LogP contribution is 2.49. The first-order valence-corrected chi connectivity index (χ1v) is 10.4. The average Bonchev–Trinajstić information content (AvgIpc) is 3.24. The van der Waals surface area contributed by atoms with Gasteiger partial charge in [0.1, 0.15) is 0 Å². The molecule has 0 aromatic heterocycles. The van der Waals surface area contributed by atoms with Crippen molar-refractivity contribution in [3.63, 3.8) is 0 Å². The van der Waals surface area contributed by atoms with Gasteiger partial charge in [-0.1, -0.05) is 30.3 Å². The highest BCUT2D eigenvalue weighted by molar-refractivity contribution is 5.85. The molecule has 3 saturated heterocycles. The summed E-state index contributed by atoms with van der Waals surface area (Å²) in [6, 6.07) is 9.79. The molecule has 29 heavy (non-hydrogen) atoms. The third-order valence-electron chi connectivity index (χ3n) is 7.16. The van der Waals surface area contributed by atoms with Crippen LogP contribution in [-0.4, -0.2) is 90.3 Å². The fourth-order valence-corrected chi connectivity index (χ4v) is 5.49. The zero-order valence-corrected chi connectivity index (χ0v) is 17.5. The Bertz CT molecular complexity index is 802. The van der Waals surface area contributed by atoms with E-state index in [0.717, 1.165) is 18.4 Å². The number of likely N-dealkylation sites (tertiary alicyclic amines) is 3. The first kappa shape index (κ1) is 19.7. The molecule has 4 amide bonds. The second kappa shape index (κ2) is 7.35. The Morgan fingerprint density at radius 2 is 1.72 bits per heavy atom. The minimum absolute atomic E-state index is 0.0273. The van der Waals surface area contributed by atoms with Gasteiger partial charge in [-0.05, 0) is 18.4 Å². The monoisotopic (exact) mass is 398 g/mol. The molecular weight excluding hydrogens is 368 g/mol. The molecule has 3 aliphatic rings. The first-order valence-electron chi connectivity index (χ1n) is 10.4. The summed E-state index contributed by atoms with van der Waals surface area (Å²) in [5.74, 6) is 0.323. The molecule has 3 aliphatic heterocycles. The molecule has 7 nitrogen and oxygen atoms in total. The van der Waals surface area contributed by atoms with Crippen LogP contribution in [-0.2, 0) is 16.0 Å². The standard InChI is InChI=1S/C22H30N4O3/c1-23(2)21(29)26-14-17-18(15-26)22(24(3)20(17)28)9-11-25(12-10-22)19(27)13-16-7-5-4-6-8-16/h4-8,17-18H,9-15H2,1-3H3/t17-,18+/m1/s1. The lowest BCUT2D eigenvalue weighted by Gasteiger charge is -2.46. The van der Waals surface area contributed by atoms with Gasteiger partial charge in [-0.2, -0.15) is 0 Å². The number of benzene rings is 1. The number of fused-ring (bicyclic) bond motifs is 2. The minimum Gasteiger partial charge on any atom is -0.342 e. The summed E-state index contributed by atoms with van der Waals surface area (Å²) in [5.41, 5.74) is 0.784. The van der Waals surface area contributed by atoms with Crippen molar-refractivity contribution in [3.8, 4) is 0 Å². The van der Waals surface area contributed by atoms with Crippen molar-refractivity contribution in [2.45, 2.75) is 24.8 Å². The summed E-state index contributed by atoms with van der Waals surface area (Å²) in [4.78, 5) is 45.4. The Hall–Kier alpha value is -2.57. The van der Waals surface area contributed by atoms with E-state index in [-0.39, 0.29) is 35.2 Å². The van der Waals surface area contributed by atoms with Crippen LogP contribution in [0.25, 0.3) is 0 Å². The molecule has 2 atom stereocenters. The van der Waals surface area contributed by atoms with Crippen molar-refractivity contribution in [1.29, 1.82) is 0 Å². The molecule has 7 heteroatoms. The Balaban J connectivity index is 1.44. The largest absolute Gasteiger partial charge is 0.342 e. The topological polar surface area (TPSA) is 64.2 Å². The summed E-state index contributed by atoms with van der Waals surface area (Å²) in [5, 5.41) is 0. The molecule has 1 spiro atoms. The molecule has 0 saturated carbocycles. The lowest BCUT2D eigenvalue weighted by molar-refractivity contribution is -0.136. The molecule has 4 rings (SSSR count). The minimum atomic E-state index is -0.243. The van der Waals surface area contributed by atoms with Crippen LogP contribution in [0.3, 0.4) is 0 Å². The molecule has 1 aromatic carbocycles. The number of urea groups is 1. The van der Waals surface area contributed by atoms with Gasteiger partial charge < -0.3 is 19.6 Å². The van der Waals surface area contributed by atoms with E-state index in [4.69, 9.17) is 0 Å². The fourth-order valence-electron chi connectivity index (χ4n) is 5.49. The number of hydrogen-bond acceptors (Lipinski definition) is 3. The molecule has 0 N–H and O–H groups in total. The van der Waals surface area contributed by atoms with E-state index in [9.17, 15) is 14.4 Å². The maximum Gasteiger partial charge on any atom is 0.319 e. The van der Waals surface area contributed by atoms with Gasteiger partial charge in [-0.15, -0.1) is 0 Å². The highest BCUT2D eigenvalue weighted by Gasteiger charge is 2.61. The summed E-state index contributed by atoms with van der Waals surface area (Å²) < 4.78 is 0. The zero-order chi connectivity index (χ0) is 20.8. The first-order chi connectivity index (χ1) is 13.8. The van der Waals surface area contributed by atoms with E-state index in [1.807, 2.05) is 52.1 Å². The smallest absolute Gasteiger partial charge is 0.319 e. The van der Waals surface area contributed by atoms with Crippen LogP contribution in [0.1, 0.15) is 18.4 Å². The van der Waals surface area contributed by atoms with Crippen LogP contribution >= 0.6 is 0 Å². The number of amides is 4. The van der Waals surface area contributed by atoms with E-state index in [1.54, 1.807) is 19.0 Å². The van der Waals surface area contributed by atoms with Crippen molar-refractivity contribution in [3.05, 3.63) is 35.9 Å². The third kappa shape index (κ3) is 3.26. The number of hydrogen-bond donors (Lipinski definition) is 0.